The van der Waals surface area contributed by atoms with E-state index in [-0.39, 0.29) is 0 Å². The largest absolute Gasteiger partial charge is 0.311 e. The van der Waals surface area contributed by atoms with E-state index in [2.05, 4.69) is 22.3 Å². The van der Waals surface area contributed by atoms with Gasteiger partial charge in [0.15, 0.2) is 0 Å². The molecule has 0 unspecified atom stereocenters. The van der Waals surface area contributed by atoms with Crippen molar-refractivity contribution in [2.75, 3.05) is 6.54 Å². The molecule has 0 amide bonds. The van der Waals surface area contributed by atoms with Gasteiger partial charge < -0.3 is 5.32 Å². The first-order valence-corrected chi connectivity index (χ1v) is 6.89. The standard InChI is InChI=1S/C14H19ClN4/c1-4-6-16-9-12-8-13(5-7-17-12)19-11(3)14(15)10(2)18-19/h5,7-8,16H,4,6,9H2,1-3H3. The fourth-order valence-electron chi connectivity index (χ4n) is 1.96. The minimum absolute atomic E-state index is 0.725. The summed E-state index contributed by atoms with van der Waals surface area (Å²) < 4.78 is 1.86. The van der Waals surface area contributed by atoms with Gasteiger partial charge in [-0.15, -0.1) is 0 Å². The van der Waals surface area contributed by atoms with Gasteiger partial charge in [-0.1, -0.05) is 18.5 Å². The van der Waals surface area contributed by atoms with Crippen LogP contribution in [0.15, 0.2) is 18.3 Å². The van der Waals surface area contributed by atoms with Crippen molar-refractivity contribution in [2.24, 2.45) is 0 Å². The fourth-order valence-corrected chi connectivity index (χ4v) is 2.08. The van der Waals surface area contributed by atoms with Crippen LogP contribution in [0.4, 0.5) is 0 Å². The van der Waals surface area contributed by atoms with Gasteiger partial charge in [0.25, 0.3) is 0 Å². The van der Waals surface area contributed by atoms with E-state index in [1.807, 2.05) is 36.9 Å². The first-order valence-electron chi connectivity index (χ1n) is 6.51. The maximum atomic E-state index is 6.18. The second-order valence-corrected chi connectivity index (χ2v) is 4.96. The van der Waals surface area contributed by atoms with Gasteiger partial charge in [0.1, 0.15) is 0 Å². The Kier molecular flexibility index (Phi) is 4.56. The highest BCUT2D eigenvalue weighted by atomic mass is 35.5. The predicted molar refractivity (Wildman–Crippen MR) is 77.8 cm³/mol. The number of nitrogens with one attached hydrogen (secondary N) is 1. The van der Waals surface area contributed by atoms with Gasteiger partial charge in [-0.2, -0.15) is 5.10 Å². The van der Waals surface area contributed by atoms with Crippen LogP contribution >= 0.6 is 11.6 Å². The van der Waals surface area contributed by atoms with Crippen molar-refractivity contribution in [2.45, 2.75) is 33.7 Å². The molecule has 0 fully saturated rings. The quantitative estimate of drug-likeness (QED) is 0.855. The lowest BCUT2D eigenvalue weighted by Gasteiger charge is -2.07. The SMILES string of the molecule is CCCNCc1cc(-n2nc(C)c(Cl)c2C)ccn1. The summed E-state index contributed by atoms with van der Waals surface area (Å²) in [5.41, 5.74) is 3.81. The highest BCUT2D eigenvalue weighted by Gasteiger charge is 2.10. The predicted octanol–water partition coefficient (Wildman–Crippen LogP) is 3.04. The molecular formula is C14H19ClN4. The van der Waals surface area contributed by atoms with Crippen LogP contribution in [-0.4, -0.2) is 21.3 Å². The molecule has 2 rings (SSSR count). The number of hydrogen-bond acceptors (Lipinski definition) is 3. The molecule has 0 bridgehead atoms. The summed E-state index contributed by atoms with van der Waals surface area (Å²) in [5, 5.41) is 8.52. The van der Waals surface area contributed by atoms with Crippen molar-refractivity contribution in [3.63, 3.8) is 0 Å². The van der Waals surface area contributed by atoms with Crippen LogP contribution < -0.4 is 5.32 Å². The minimum Gasteiger partial charge on any atom is -0.311 e. The smallest absolute Gasteiger partial charge is 0.0848 e. The molecule has 2 heterocycles. The second kappa shape index (κ2) is 6.17. The zero-order valence-corrected chi connectivity index (χ0v) is 12.3. The van der Waals surface area contributed by atoms with Crippen LogP contribution in [0, 0.1) is 13.8 Å². The lowest BCUT2D eigenvalue weighted by atomic mass is 10.3. The number of aryl methyl sites for hydroxylation is 1. The first-order chi connectivity index (χ1) is 9.13. The maximum absolute atomic E-state index is 6.18. The second-order valence-electron chi connectivity index (χ2n) is 4.58. The van der Waals surface area contributed by atoms with E-state index in [0.29, 0.717) is 0 Å². The van der Waals surface area contributed by atoms with Gasteiger partial charge in [0, 0.05) is 12.7 Å². The number of hydrogen-bond donors (Lipinski definition) is 1. The Morgan fingerprint density at radius 3 is 2.79 bits per heavy atom. The van der Waals surface area contributed by atoms with Crippen molar-refractivity contribution >= 4 is 11.6 Å². The van der Waals surface area contributed by atoms with E-state index in [0.717, 1.165) is 47.3 Å². The number of aromatic nitrogens is 3. The molecule has 0 radical (unpaired) electrons. The van der Waals surface area contributed by atoms with Gasteiger partial charge in [-0.3, -0.25) is 4.98 Å². The highest BCUT2D eigenvalue weighted by Crippen LogP contribution is 2.22. The molecule has 0 aromatic carbocycles. The third-order valence-electron chi connectivity index (χ3n) is 2.98. The Bertz CT molecular complexity index is 563. The van der Waals surface area contributed by atoms with Crippen LogP contribution in [0.3, 0.4) is 0 Å². The van der Waals surface area contributed by atoms with Gasteiger partial charge in [0.05, 0.1) is 27.8 Å². The summed E-state index contributed by atoms with van der Waals surface area (Å²) in [4.78, 5) is 4.36. The molecule has 0 aliphatic carbocycles. The summed E-state index contributed by atoms with van der Waals surface area (Å²) in [6.07, 6.45) is 2.93. The molecule has 5 heteroatoms. The molecule has 0 saturated carbocycles. The van der Waals surface area contributed by atoms with Crippen LogP contribution in [0.2, 0.25) is 5.02 Å². The summed E-state index contributed by atoms with van der Waals surface area (Å²) in [6, 6.07) is 3.98. The van der Waals surface area contributed by atoms with Crippen molar-refractivity contribution < 1.29 is 0 Å². The molecule has 0 aliphatic heterocycles. The topological polar surface area (TPSA) is 42.7 Å². The average Bonchev–Trinajstić information content (AvgIpc) is 2.67. The monoisotopic (exact) mass is 278 g/mol. The molecule has 0 spiro atoms. The Morgan fingerprint density at radius 2 is 2.16 bits per heavy atom. The highest BCUT2D eigenvalue weighted by molar-refractivity contribution is 6.31. The van der Waals surface area contributed by atoms with Crippen LogP contribution in [-0.2, 0) is 6.54 Å². The Morgan fingerprint density at radius 1 is 1.37 bits per heavy atom. The van der Waals surface area contributed by atoms with Crippen molar-refractivity contribution in [3.05, 3.63) is 40.4 Å². The third kappa shape index (κ3) is 3.14. The number of rotatable bonds is 5. The van der Waals surface area contributed by atoms with Crippen molar-refractivity contribution in [1.29, 1.82) is 0 Å². The third-order valence-corrected chi connectivity index (χ3v) is 3.53. The molecular weight excluding hydrogens is 260 g/mol. The molecule has 19 heavy (non-hydrogen) atoms. The average molecular weight is 279 g/mol. The molecule has 0 atom stereocenters. The number of pyridine rings is 1. The maximum Gasteiger partial charge on any atom is 0.0848 e. The molecule has 0 aliphatic rings. The Balaban J connectivity index is 2.25. The van der Waals surface area contributed by atoms with E-state index in [1.54, 1.807) is 0 Å². The van der Waals surface area contributed by atoms with Crippen LogP contribution in [0.5, 0.6) is 0 Å². The fraction of sp³-hybridized carbons (Fsp3) is 0.429. The van der Waals surface area contributed by atoms with Crippen molar-refractivity contribution in [1.82, 2.24) is 20.1 Å². The molecule has 1 N–H and O–H groups in total. The Labute approximate surface area is 118 Å². The van der Waals surface area contributed by atoms with E-state index >= 15 is 0 Å². The van der Waals surface area contributed by atoms with Gasteiger partial charge in [-0.05, 0) is 38.9 Å². The molecule has 0 saturated heterocycles. The molecule has 2 aromatic heterocycles. The van der Waals surface area contributed by atoms with E-state index in [9.17, 15) is 0 Å². The van der Waals surface area contributed by atoms with Gasteiger partial charge in [0.2, 0.25) is 0 Å². The van der Waals surface area contributed by atoms with Crippen LogP contribution in [0.25, 0.3) is 5.69 Å². The molecule has 4 nitrogen and oxygen atoms in total. The summed E-state index contributed by atoms with van der Waals surface area (Å²) in [5.74, 6) is 0. The van der Waals surface area contributed by atoms with E-state index in [4.69, 9.17) is 11.6 Å². The lowest BCUT2D eigenvalue weighted by Crippen LogP contribution is -2.15. The number of nitrogens with zero attached hydrogens (tertiary/aromatic N) is 3. The molecule has 102 valence electrons. The number of halogens is 1. The first kappa shape index (κ1) is 14.0. The van der Waals surface area contributed by atoms with Crippen molar-refractivity contribution in [3.8, 4) is 5.69 Å². The van der Waals surface area contributed by atoms with Gasteiger partial charge >= 0.3 is 0 Å². The van der Waals surface area contributed by atoms with Gasteiger partial charge in [-0.25, -0.2) is 4.68 Å². The lowest BCUT2D eigenvalue weighted by molar-refractivity contribution is 0.663. The normalized spacial score (nSPS) is 10.9. The van der Waals surface area contributed by atoms with Crippen LogP contribution in [0.1, 0.15) is 30.4 Å². The zero-order chi connectivity index (χ0) is 13.8. The minimum atomic E-state index is 0.725. The Hall–Kier alpha value is -1.39. The summed E-state index contributed by atoms with van der Waals surface area (Å²) in [6.45, 7) is 7.80. The van der Waals surface area contributed by atoms with E-state index in [1.165, 1.54) is 0 Å². The zero-order valence-electron chi connectivity index (χ0n) is 11.6. The summed E-state index contributed by atoms with van der Waals surface area (Å²) >= 11 is 6.18. The summed E-state index contributed by atoms with van der Waals surface area (Å²) in [7, 11) is 0. The molecule has 2 aromatic rings. The van der Waals surface area contributed by atoms with E-state index < -0.39 is 0 Å².